The molecule has 1 aliphatic rings. The predicted molar refractivity (Wildman–Crippen MR) is 83.1 cm³/mol. The lowest BCUT2D eigenvalue weighted by Gasteiger charge is -2.06. The normalized spacial score (nSPS) is 20.0. The van der Waals surface area contributed by atoms with Gasteiger partial charge >= 0.3 is 0 Å². The van der Waals surface area contributed by atoms with E-state index < -0.39 is 0 Å². The Hall–Kier alpha value is -1.59. The molecule has 0 bridgehead atoms. The number of aryl methyl sites for hydroxylation is 1. The maximum absolute atomic E-state index is 11.9. The predicted octanol–water partition coefficient (Wildman–Crippen LogP) is 3.15. The first-order valence-corrected chi connectivity index (χ1v) is 7.80. The van der Waals surface area contributed by atoms with Gasteiger partial charge in [0.15, 0.2) is 0 Å². The highest BCUT2D eigenvalue weighted by atomic mass is 35.5. The zero-order chi connectivity index (χ0) is 15.7. The molecule has 1 aromatic heterocycles. The Morgan fingerprint density at radius 2 is 2.23 bits per heavy atom. The quantitative estimate of drug-likeness (QED) is 0.908. The monoisotopic (exact) mass is 339 g/mol. The molecule has 0 radical (unpaired) electrons. The molecule has 1 aliphatic carbocycles. The molecule has 3 rings (SSSR count). The summed E-state index contributed by atoms with van der Waals surface area (Å²) >= 11 is 12.1. The molecule has 1 N–H and O–H groups in total. The number of nitrogens with one attached hydrogen (secondary N) is 1. The van der Waals surface area contributed by atoms with Gasteiger partial charge in [0.2, 0.25) is 5.91 Å². The van der Waals surface area contributed by atoms with Crippen LogP contribution in [0.4, 0.5) is 0 Å². The SMILES string of the molecule is Cc1nonc1CC(=O)NC[C@@H]1C[C@H]1c1ccc(Cl)cc1Cl. The van der Waals surface area contributed by atoms with Gasteiger partial charge in [-0.05, 0) is 42.9 Å². The molecule has 0 saturated heterocycles. The lowest BCUT2D eigenvalue weighted by Crippen LogP contribution is -2.27. The van der Waals surface area contributed by atoms with E-state index in [0.29, 0.717) is 39.8 Å². The van der Waals surface area contributed by atoms with Crippen molar-refractivity contribution in [3.8, 4) is 0 Å². The van der Waals surface area contributed by atoms with Crippen LogP contribution in [0.5, 0.6) is 0 Å². The molecule has 1 saturated carbocycles. The summed E-state index contributed by atoms with van der Waals surface area (Å²) in [5, 5.41) is 11.6. The molecule has 2 atom stereocenters. The van der Waals surface area contributed by atoms with E-state index in [-0.39, 0.29) is 12.3 Å². The van der Waals surface area contributed by atoms with E-state index in [0.717, 1.165) is 12.0 Å². The average molecular weight is 340 g/mol. The number of aromatic nitrogens is 2. The zero-order valence-electron chi connectivity index (χ0n) is 12.0. The van der Waals surface area contributed by atoms with Crippen molar-refractivity contribution >= 4 is 29.1 Å². The van der Waals surface area contributed by atoms with Gasteiger partial charge in [-0.2, -0.15) is 0 Å². The first kappa shape index (κ1) is 15.3. The Kier molecular flexibility index (Phi) is 4.36. The third-order valence-corrected chi connectivity index (χ3v) is 4.48. The highest BCUT2D eigenvalue weighted by Crippen LogP contribution is 2.49. The minimum absolute atomic E-state index is 0.0772. The second-order valence-electron chi connectivity index (χ2n) is 5.55. The summed E-state index contributed by atoms with van der Waals surface area (Å²) in [4.78, 5) is 11.9. The van der Waals surface area contributed by atoms with Crippen molar-refractivity contribution in [1.29, 1.82) is 0 Å². The molecule has 1 heterocycles. The van der Waals surface area contributed by atoms with Gasteiger partial charge in [-0.1, -0.05) is 39.6 Å². The lowest BCUT2D eigenvalue weighted by molar-refractivity contribution is -0.120. The third-order valence-electron chi connectivity index (χ3n) is 3.92. The maximum Gasteiger partial charge on any atom is 0.226 e. The largest absolute Gasteiger partial charge is 0.355 e. The van der Waals surface area contributed by atoms with Crippen molar-refractivity contribution < 1.29 is 9.42 Å². The second kappa shape index (κ2) is 6.26. The van der Waals surface area contributed by atoms with Crippen molar-refractivity contribution in [3.63, 3.8) is 0 Å². The molecule has 22 heavy (non-hydrogen) atoms. The fraction of sp³-hybridized carbons (Fsp3) is 0.400. The molecule has 2 aromatic rings. The van der Waals surface area contributed by atoms with E-state index >= 15 is 0 Å². The molecular formula is C15H15Cl2N3O2. The van der Waals surface area contributed by atoms with Crippen LogP contribution in [0.1, 0.15) is 29.3 Å². The molecule has 0 spiro atoms. The van der Waals surface area contributed by atoms with E-state index in [1.54, 1.807) is 13.0 Å². The van der Waals surface area contributed by atoms with Crippen LogP contribution in [0.25, 0.3) is 0 Å². The molecule has 0 aliphatic heterocycles. The number of hydrogen-bond acceptors (Lipinski definition) is 4. The van der Waals surface area contributed by atoms with Crippen LogP contribution in [-0.4, -0.2) is 22.8 Å². The van der Waals surface area contributed by atoms with Crippen LogP contribution in [-0.2, 0) is 11.2 Å². The van der Waals surface area contributed by atoms with E-state index in [9.17, 15) is 4.79 Å². The summed E-state index contributed by atoms with van der Waals surface area (Å²) in [6, 6.07) is 5.56. The van der Waals surface area contributed by atoms with Crippen LogP contribution in [0.3, 0.4) is 0 Å². The summed E-state index contributed by atoms with van der Waals surface area (Å²) in [7, 11) is 0. The Morgan fingerprint density at radius 3 is 2.91 bits per heavy atom. The summed E-state index contributed by atoms with van der Waals surface area (Å²) in [5.41, 5.74) is 2.32. The number of benzene rings is 1. The summed E-state index contributed by atoms with van der Waals surface area (Å²) in [5.74, 6) is 0.728. The van der Waals surface area contributed by atoms with E-state index in [2.05, 4.69) is 20.3 Å². The standard InChI is InChI=1S/C15H15Cl2N3O2/c1-8-14(20-22-19-8)6-15(21)18-7-9-4-12(9)11-3-2-10(16)5-13(11)17/h2-3,5,9,12H,4,6-7H2,1H3,(H,18,21)/t9-,12+/m0/s1. The van der Waals surface area contributed by atoms with Crippen molar-refractivity contribution in [1.82, 2.24) is 15.6 Å². The minimum atomic E-state index is -0.0772. The number of halogens is 2. The summed E-state index contributed by atoms with van der Waals surface area (Å²) in [6.45, 7) is 2.39. The number of hydrogen-bond donors (Lipinski definition) is 1. The molecule has 7 heteroatoms. The van der Waals surface area contributed by atoms with Crippen molar-refractivity contribution in [3.05, 3.63) is 45.2 Å². The van der Waals surface area contributed by atoms with Crippen LogP contribution in [0.15, 0.2) is 22.8 Å². The van der Waals surface area contributed by atoms with Crippen LogP contribution < -0.4 is 5.32 Å². The average Bonchev–Trinajstić information content (AvgIpc) is 3.13. The van der Waals surface area contributed by atoms with E-state index in [1.807, 2.05) is 12.1 Å². The molecule has 1 amide bonds. The molecular weight excluding hydrogens is 325 g/mol. The van der Waals surface area contributed by atoms with Gasteiger partial charge in [0, 0.05) is 16.6 Å². The Labute approximate surface area is 137 Å². The van der Waals surface area contributed by atoms with Crippen molar-refractivity contribution in [2.75, 3.05) is 6.54 Å². The third kappa shape index (κ3) is 3.42. The van der Waals surface area contributed by atoms with Gasteiger partial charge in [0.05, 0.1) is 6.42 Å². The van der Waals surface area contributed by atoms with Crippen molar-refractivity contribution in [2.45, 2.75) is 25.7 Å². The maximum atomic E-state index is 11.9. The first-order chi connectivity index (χ1) is 10.5. The highest BCUT2D eigenvalue weighted by molar-refractivity contribution is 6.35. The Balaban J connectivity index is 1.49. The van der Waals surface area contributed by atoms with Gasteiger partial charge in [0.1, 0.15) is 11.4 Å². The number of rotatable bonds is 5. The van der Waals surface area contributed by atoms with Gasteiger partial charge in [-0.25, -0.2) is 4.63 Å². The van der Waals surface area contributed by atoms with Crippen LogP contribution in [0, 0.1) is 12.8 Å². The number of nitrogens with zero attached hydrogens (tertiary/aromatic N) is 2. The lowest BCUT2D eigenvalue weighted by atomic mass is 10.1. The number of carbonyl (C=O) groups is 1. The van der Waals surface area contributed by atoms with Gasteiger partial charge in [-0.15, -0.1) is 0 Å². The second-order valence-corrected chi connectivity index (χ2v) is 6.39. The summed E-state index contributed by atoms with van der Waals surface area (Å²) < 4.78 is 4.58. The van der Waals surface area contributed by atoms with Crippen molar-refractivity contribution in [2.24, 2.45) is 5.92 Å². The van der Waals surface area contributed by atoms with Gasteiger partial charge in [0.25, 0.3) is 0 Å². The number of carbonyl (C=O) groups excluding carboxylic acids is 1. The topological polar surface area (TPSA) is 68.0 Å². The zero-order valence-corrected chi connectivity index (χ0v) is 13.5. The van der Waals surface area contributed by atoms with Gasteiger partial charge in [-0.3, -0.25) is 4.79 Å². The first-order valence-electron chi connectivity index (χ1n) is 7.04. The minimum Gasteiger partial charge on any atom is -0.355 e. The smallest absolute Gasteiger partial charge is 0.226 e. The Bertz CT molecular complexity index is 702. The van der Waals surface area contributed by atoms with E-state index in [4.69, 9.17) is 23.2 Å². The molecule has 116 valence electrons. The fourth-order valence-electron chi connectivity index (χ4n) is 2.53. The Morgan fingerprint density at radius 1 is 1.41 bits per heavy atom. The van der Waals surface area contributed by atoms with Crippen LogP contribution >= 0.6 is 23.2 Å². The molecule has 1 aromatic carbocycles. The van der Waals surface area contributed by atoms with Gasteiger partial charge < -0.3 is 5.32 Å². The van der Waals surface area contributed by atoms with Crippen LogP contribution in [0.2, 0.25) is 10.0 Å². The summed E-state index contributed by atoms with van der Waals surface area (Å²) in [6.07, 6.45) is 1.21. The van der Waals surface area contributed by atoms with E-state index in [1.165, 1.54) is 0 Å². The number of amides is 1. The molecule has 5 nitrogen and oxygen atoms in total. The molecule has 1 fully saturated rings. The molecule has 0 unspecified atom stereocenters. The highest BCUT2D eigenvalue weighted by Gasteiger charge is 2.39. The fourth-order valence-corrected chi connectivity index (χ4v) is 3.07.